The first-order chi connectivity index (χ1) is 14.8. The number of aryl methyl sites for hydroxylation is 1. The normalized spacial score (nSPS) is 12.6. The number of carbonyl (C=O) groups excluding carboxylic acids is 4. The molecule has 9 heteroatoms. The molecule has 0 spiro atoms. The van der Waals surface area contributed by atoms with Crippen molar-refractivity contribution in [3.05, 3.63) is 34.9 Å². The van der Waals surface area contributed by atoms with Gasteiger partial charge in [0.1, 0.15) is 24.2 Å². The van der Waals surface area contributed by atoms with E-state index in [2.05, 4.69) is 21.4 Å². The number of methoxy groups -OCH3 is 1. The van der Waals surface area contributed by atoms with Crippen LogP contribution in [0.4, 0.5) is 4.79 Å². The molecule has 0 aliphatic rings. The van der Waals surface area contributed by atoms with Crippen LogP contribution in [0.15, 0.2) is 18.2 Å². The molecule has 1 aromatic rings. The summed E-state index contributed by atoms with van der Waals surface area (Å²) in [4.78, 5) is 50.6. The van der Waals surface area contributed by atoms with Crippen LogP contribution in [-0.4, -0.2) is 54.1 Å². The Bertz CT molecular complexity index is 913. The second-order valence-electron chi connectivity index (χ2n) is 8.19. The minimum Gasteiger partial charge on any atom is -0.468 e. The molecular formula is C23H31N3O6. The number of amides is 3. The summed E-state index contributed by atoms with van der Waals surface area (Å²) in [5, 5.41) is 4.87. The van der Waals surface area contributed by atoms with Gasteiger partial charge in [0, 0.05) is 6.04 Å². The molecule has 0 heterocycles. The molecule has 2 N–H and O–H groups in total. The number of nitrogens with one attached hydrogen (secondary N) is 2. The fourth-order valence-electron chi connectivity index (χ4n) is 2.82. The molecule has 0 saturated carbocycles. The Kier molecular flexibility index (Phi) is 9.26. The summed E-state index contributed by atoms with van der Waals surface area (Å²) in [5.41, 5.74) is 1.38. The fourth-order valence-corrected chi connectivity index (χ4v) is 2.82. The predicted molar refractivity (Wildman–Crippen MR) is 118 cm³/mol. The van der Waals surface area contributed by atoms with E-state index in [1.807, 2.05) is 13.0 Å². The summed E-state index contributed by atoms with van der Waals surface area (Å²) in [6, 6.07) is 5.20. The van der Waals surface area contributed by atoms with Gasteiger partial charge in [-0.15, -0.1) is 0 Å². The Morgan fingerprint density at radius 2 is 1.81 bits per heavy atom. The largest absolute Gasteiger partial charge is 0.468 e. The van der Waals surface area contributed by atoms with Crippen LogP contribution in [0.1, 0.15) is 50.4 Å². The maximum atomic E-state index is 13.1. The first-order valence-electron chi connectivity index (χ1n) is 10.0. The Hall–Kier alpha value is -3.54. The molecule has 0 aromatic heterocycles. The van der Waals surface area contributed by atoms with Crippen molar-refractivity contribution in [3.63, 3.8) is 0 Å². The van der Waals surface area contributed by atoms with Crippen LogP contribution in [0.3, 0.4) is 0 Å². The van der Waals surface area contributed by atoms with Gasteiger partial charge in [-0.25, -0.2) is 4.79 Å². The lowest BCUT2D eigenvalue weighted by Gasteiger charge is -2.30. The fraction of sp³-hybridized carbons (Fsp3) is 0.478. The van der Waals surface area contributed by atoms with Crippen molar-refractivity contribution in [2.75, 3.05) is 13.7 Å². The molecule has 3 amide bonds. The van der Waals surface area contributed by atoms with E-state index in [0.717, 1.165) is 16.0 Å². The number of esters is 1. The van der Waals surface area contributed by atoms with Crippen LogP contribution in [-0.2, 0) is 23.9 Å². The molecular weight excluding hydrogens is 414 g/mol. The van der Waals surface area contributed by atoms with Crippen LogP contribution in [0.2, 0.25) is 0 Å². The number of terminal acetylenes is 1. The number of alkyl carbamates (subject to hydrolysis) is 1. The maximum absolute atomic E-state index is 13.1. The summed E-state index contributed by atoms with van der Waals surface area (Å²) in [6.07, 6.45) is 4.83. The predicted octanol–water partition coefficient (Wildman–Crippen LogP) is 1.97. The number of hydrogen-bond donors (Lipinski definition) is 2. The second-order valence-corrected chi connectivity index (χ2v) is 8.19. The maximum Gasteiger partial charge on any atom is 0.408 e. The second kappa shape index (κ2) is 11.2. The molecule has 2 unspecified atom stereocenters. The molecule has 32 heavy (non-hydrogen) atoms. The smallest absolute Gasteiger partial charge is 0.408 e. The zero-order valence-electron chi connectivity index (χ0n) is 19.6. The highest BCUT2D eigenvalue weighted by Crippen LogP contribution is 2.26. The van der Waals surface area contributed by atoms with E-state index in [-0.39, 0.29) is 0 Å². The molecule has 9 nitrogen and oxygen atoms in total. The van der Waals surface area contributed by atoms with Crippen LogP contribution in [0.25, 0.3) is 0 Å². The van der Waals surface area contributed by atoms with Gasteiger partial charge in [0.15, 0.2) is 0 Å². The van der Waals surface area contributed by atoms with Crippen LogP contribution in [0, 0.1) is 26.3 Å². The average Bonchev–Trinajstić information content (AvgIpc) is 2.70. The van der Waals surface area contributed by atoms with Gasteiger partial charge < -0.3 is 20.1 Å². The monoisotopic (exact) mass is 445 g/mol. The molecule has 0 aliphatic carbocycles. The Labute approximate surface area is 188 Å². The van der Waals surface area contributed by atoms with Crippen LogP contribution < -0.4 is 10.6 Å². The summed E-state index contributed by atoms with van der Waals surface area (Å²) in [5.74, 6) is -2.02. The average molecular weight is 446 g/mol. The lowest BCUT2D eigenvalue weighted by molar-refractivity contribution is -0.142. The number of ether oxygens (including phenoxy) is 2. The SMILES string of the molecule is C#CN(C(=O)C(C)NC(=O)OC(C)(C)C)C(C(=O)NCC(=O)OC)c1cccc(C)c1C. The molecule has 0 fully saturated rings. The molecule has 1 aromatic carbocycles. The van der Waals surface area contributed by atoms with E-state index in [1.54, 1.807) is 39.8 Å². The van der Waals surface area contributed by atoms with Crippen molar-refractivity contribution < 1.29 is 28.7 Å². The minimum absolute atomic E-state index is 0.394. The van der Waals surface area contributed by atoms with Crippen LogP contribution in [0.5, 0.6) is 0 Å². The standard InChI is InChI=1S/C23H31N3O6/c1-9-26(21(29)16(4)25-22(30)32-23(5,6)7)19(20(28)24-13-18(27)31-8)17-12-10-11-14(2)15(17)3/h1,10-12,16,19H,13H2,2-8H3,(H,24,28)(H,25,30). The number of hydrogen-bond acceptors (Lipinski definition) is 6. The van der Waals surface area contributed by atoms with Gasteiger partial charge in [-0.2, -0.15) is 0 Å². The molecule has 0 radical (unpaired) electrons. The minimum atomic E-state index is -1.24. The Morgan fingerprint density at radius 1 is 1.19 bits per heavy atom. The van der Waals surface area contributed by atoms with E-state index in [1.165, 1.54) is 14.0 Å². The van der Waals surface area contributed by atoms with Gasteiger partial charge in [-0.3, -0.25) is 19.3 Å². The number of nitrogens with zero attached hydrogens (tertiary/aromatic N) is 1. The number of rotatable bonds is 7. The van der Waals surface area contributed by atoms with Crippen molar-refractivity contribution in [1.82, 2.24) is 15.5 Å². The van der Waals surface area contributed by atoms with Crippen molar-refractivity contribution >= 4 is 23.9 Å². The quantitative estimate of drug-likeness (QED) is 0.377. The van der Waals surface area contributed by atoms with Gasteiger partial charge >= 0.3 is 12.1 Å². The summed E-state index contributed by atoms with van der Waals surface area (Å²) in [6.45, 7) is 9.76. The molecule has 0 bridgehead atoms. The van der Waals surface area contributed by atoms with Crippen LogP contribution >= 0.6 is 0 Å². The molecule has 0 aliphatic heterocycles. The topological polar surface area (TPSA) is 114 Å². The highest BCUT2D eigenvalue weighted by Gasteiger charge is 2.35. The Balaban J connectivity index is 3.27. The number of carbonyl (C=O) groups is 4. The third kappa shape index (κ3) is 7.30. The summed E-state index contributed by atoms with van der Waals surface area (Å²) in [7, 11) is 1.19. The van der Waals surface area contributed by atoms with Crippen molar-refractivity contribution in [2.45, 2.75) is 59.2 Å². The third-order valence-electron chi connectivity index (χ3n) is 4.56. The lowest BCUT2D eigenvalue weighted by atomic mass is 9.95. The van der Waals surface area contributed by atoms with Crippen molar-refractivity contribution in [1.29, 1.82) is 0 Å². The molecule has 174 valence electrons. The van der Waals surface area contributed by atoms with Gasteiger partial charge in [0.05, 0.1) is 7.11 Å². The van der Waals surface area contributed by atoms with E-state index in [4.69, 9.17) is 11.2 Å². The summed E-state index contributed by atoms with van der Waals surface area (Å²) >= 11 is 0. The third-order valence-corrected chi connectivity index (χ3v) is 4.56. The number of benzene rings is 1. The van der Waals surface area contributed by atoms with Gasteiger partial charge in [-0.05, 0) is 58.2 Å². The molecule has 0 saturated heterocycles. The molecule has 2 atom stereocenters. The van der Waals surface area contributed by atoms with E-state index in [0.29, 0.717) is 5.56 Å². The van der Waals surface area contributed by atoms with Crippen molar-refractivity contribution in [2.24, 2.45) is 0 Å². The van der Waals surface area contributed by atoms with E-state index < -0.39 is 48.1 Å². The summed E-state index contributed by atoms with van der Waals surface area (Å²) < 4.78 is 9.72. The highest BCUT2D eigenvalue weighted by atomic mass is 16.6. The van der Waals surface area contributed by atoms with Gasteiger partial charge in [-0.1, -0.05) is 24.6 Å². The highest BCUT2D eigenvalue weighted by molar-refractivity contribution is 5.94. The first-order valence-corrected chi connectivity index (χ1v) is 10.0. The van der Waals surface area contributed by atoms with E-state index in [9.17, 15) is 19.2 Å². The van der Waals surface area contributed by atoms with Gasteiger partial charge in [0.25, 0.3) is 5.91 Å². The zero-order valence-corrected chi connectivity index (χ0v) is 19.6. The zero-order chi connectivity index (χ0) is 24.6. The van der Waals surface area contributed by atoms with Crippen molar-refractivity contribution in [3.8, 4) is 12.5 Å². The lowest BCUT2D eigenvalue weighted by Crippen LogP contribution is -2.50. The van der Waals surface area contributed by atoms with Gasteiger partial charge in [0.2, 0.25) is 5.91 Å². The van der Waals surface area contributed by atoms with E-state index >= 15 is 0 Å². The Morgan fingerprint density at radius 3 is 2.34 bits per heavy atom. The molecule has 1 rings (SSSR count). The first kappa shape index (κ1) is 26.5.